The molecule has 2 aromatic rings. The summed E-state index contributed by atoms with van der Waals surface area (Å²) in [6, 6.07) is 12.8. The van der Waals surface area contributed by atoms with Gasteiger partial charge in [0.05, 0.1) is 11.6 Å². The number of hydrogen-bond acceptors (Lipinski definition) is 1. The average Bonchev–Trinajstić information content (AvgIpc) is 2.60. The summed E-state index contributed by atoms with van der Waals surface area (Å²) in [4.78, 5) is 0. The molecule has 0 amide bonds. The predicted molar refractivity (Wildman–Crippen MR) is 89.0 cm³/mol. The first-order valence-corrected chi connectivity index (χ1v) is 7.87. The maximum absolute atomic E-state index is 13.9. The number of hydrogen-bond donors (Lipinski definition) is 0. The van der Waals surface area contributed by atoms with E-state index in [4.69, 9.17) is 5.26 Å². The van der Waals surface area contributed by atoms with Crippen molar-refractivity contribution >= 4 is 5.83 Å². The maximum atomic E-state index is 13.9. The van der Waals surface area contributed by atoms with E-state index in [1.54, 1.807) is 31.2 Å². The summed E-state index contributed by atoms with van der Waals surface area (Å²) >= 11 is 0. The van der Waals surface area contributed by atoms with Crippen LogP contribution in [-0.2, 0) is 12.8 Å². The van der Waals surface area contributed by atoms with Crippen LogP contribution in [0.1, 0.15) is 42.0 Å². The Morgan fingerprint density at radius 1 is 1.04 bits per heavy atom. The molecule has 24 heavy (non-hydrogen) atoms. The van der Waals surface area contributed by atoms with Crippen LogP contribution in [0.4, 0.5) is 13.2 Å². The molecule has 2 aromatic carbocycles. The molecule has 0 fully saturated rings. The minimum Gasteiger partial charge on any atom is -0.209 e. The summed E-state index contributed by atoms with van der Waals surface area (Å²) in [6.07, 6.45) is 1.68. The fourth-order valence-corrected chi connectivity index (χ4v) is 2.40. The van der Waals surface area contributed by atoms with E-state index in [9.17, 15) is 13.2 Å². The minimum absolute atomic E-state index is 0.0888. The number of rotatable bonds is 6. The van der Waals surface area contributed by atoms with E-state index < -0.39 is 17.5 Å². The van der Waals surface area contributed by atoms with Gasteiger partial charge in [0.15, 0.2) is 5.83 Å². The van der Waals surface area contributed by atoms with Crippen LogP contribution < -0.4 is 0 Å². The summed E-state index contributed by atoms with van der Waals surface area (Å²) < 4.78 is 41.2. The molecule has 124 valence electrons. The fourth-order valence-electron chi connectivity index (χ4n) is 2.40. The Morgan fingerprint density at radius 2 is 1.75 bits per heavy atom. The van der Waals surface area contributed by atoms with Crippen molar-refractivity contribution in [2.45, 2.75) is 32.6 Å². The first kappa shape index (κ1) is 17.8. The largest absolute Gasteiger partial charge is 0.209 e. The first-order chi connectivity index (χ1) is 11.5. The molecule has 0 bridgehead atoms. The Hall–Kier alpha value is -2.54. The predicted octanol–water partition coefficient (Wildman–Crippen LogP) is 5.89. The summed E-state index contributed by atoms with van der Waals surface area (Å²) in [5.74, 6) is -1.95. The minimum atomic E-state index is -0.818. The molecule has 0 radical (unpaired) electrons. The van der Waals surface area contributed by atoms with Crippen molar-refractivity contribution in [3.63, 3.8) is 0 Å². The molecule has 0 spiro atoms. The van der Waals surface area contributed by atoms with Crippen LogP contribution in [0.3, 0.4) is 0 Å². The molecule has 0 N–H and O–H groups in total. The van der Waals surface area contributed by atoms with Gasteiger partial charge in [0, 0.05) is 12.0 Å². The van der Waals surface area contributed by atoms with Gasteiger partial charge in [-0.05, 0) is 42.5 Å². The second-order valence-corrected chi connectivity index (χ2v) is 5.58. The van der Waals surface area contributed by atoms with Gasteiger partial charge >= 0.3 is 0 Å². The van der Waals surface area contributed by atoms with Gasteiger partial charge in [0.25, 0.3) is 0 Å². The third-order valence-corrected chi connectivity index (χ3v) is 3.78. The van der Waals surface area contributed by atoms with Crippen LogP contribution in [0.2, 0.25) is 0 Å². The van der Waals surface area contributed by atoms with E-state index in [2.05, 4.69) is 0 Å². The standard InChI is InChI=1S/C20H18F3N/c1-2-3-18(21)20(23)17-10-5-14(6-11-17)4-8-16-9-7-15(13-24)12-19(16)22/h5-7,9-12H,2-4,8H2,1H3/b20-18+. The molecule has 0 atom stereocenters. The van der Waals surface area contributed by atoms with Gasteiger partial charge in [-0.15, -0.1) is 0 Å². The van der Waals surface area contributed by atoms with Crippen molar-refractivity contribution in [1.82, 2.24) is 0 Å². The molecule has 0 saturated carbocycles. The highest BCUT2D eigenvalue weighted by molar-refractivity contribution is 5.61. The number of nitrogens with zero attached hydrogens (tertiary/aromatic N) is 1. The van der Waals surface area contributed by atoms with Gasteiger partial charge in [-0.25, -0.2) is 13.2 Å². The lowest BCUT2D eigenvalue weighted by molar-refractivity contribution is 0.559. The summed E-state index contributed by atoms with van der Waals surface area (Å²) in [5.41, 5.74) is 1.94. The van der Waals surface area contributed by atoms with Crippen LogP contribution in [0.15, 0.2) is 48.3 Å². The lowest BCUT2D eigenvalue weighted by Crippen LogP contribution is -1.96. The van der Waals surface area contributed by atoms with Crippen molar-refractivity contribution in [2.75, 3.05) is 0 Å². The molecule has 0 heterocycles. The average molecular weight is 329 g/mol. The van der Waals surface area contributed by atoms with Gasteiger partial charge in [-0.2, -0.15) is 5.26 Å². The second-order valence-electron chi connectivity index (χ2n) is 5.58. The quantitative estimate of drug-likeness (QED) is 0.648. The summed E-state index contributed by atoms with van der Waals surface area (Å²) in [6.45, 7) is 1.79. The van der Waals surface area contributed by atoms with Crippen molar-refractivity contribution in [3.8, 4) is 6.07 Å². The highest BCUT2D eigenvalue weighted by Gasteiger charge is 2.09. The monoisotopic (exact) mass is 329 g/mol. The molecule has 1 nitrogen and oxygen atoms in total. The van der Waals surface area contributed by atoms with Gasteiger partial charge in [0.1, 0.15) is 11.6 Å². The molecule has 4 heteroatoms. The van der Waals surface area contributed by atoms with E-state index in [1.807, 2.05) is 6.07 Å². The van der Waals surface area contributed by atoms with E-state index in [1.165, 1.54) is 18.2 Å². The second kappa shape index (κ2) is 8.35. The van der Waals surface area contributed by atoms with Crippen molar-refractivity contribution in [1.29, 1.82) is 5.26 Å². The molecular formula is C20H18F3N. The lowest BCUT2D eigenvalue weighted by Gasteiger charge is -2.06. The van der Waals surface area contributed by atoms with E-state index in [0.717, 1.165) is 5.56 Å². The highest BCUT2D eigenvalue weighted by Crippen LogP contribution is 2.25. The third-order valence-electron chi connectivity index (χ3n) is 3.78. The highest BCUT2D eigenvalue weighted by atomic mass is 19.2. The number of nitriles is 1. The molecule has 2 rings (SSSR count). The van der Waals surface area contributed by atoms with Gasteiger partial charge in [-0.1, -0.05) is 37.3 Å². The zero-order valence-corrected chi connectivity index (χ0v) is 13.5. The number of allylic oxidation sites excluding steroid dienone is 1. The molecule has 0 unspecified atom stereocenters. The van der Waals surface area contributed by atoms with Crippen molar-refractivity contribution in [3.05, 3.63) is 76.4 Å². The number of halogens is 3. The zero-order chi connectivity index (χ0) is 17.5. The van der Waals surface area contributed by atoms with Gasteiger partial charge in [-0.3, -0.25) is 0 Å². The molecule has 0 aliphatic carbocycles. The SMILES string of the molecule is CCC/C(F)=C(\F)c1ccc(CCc2ccc(C#N)cc2F)cc1. The Morgan fingerprint density at radius 3 is 2.33 bits per heavy atom. The number of aryl methyl sites for hydroxylation is 2. The molecule has 0 aliphatic rings. The van der Waals surface area contributed by atoms with Crippen LogP contribution in [-0.4, -0.2) is 0 Å². The van der Waals surface area contributed by atoms with Gasteiger partial charge < -0.3 is 0 Å². The fraction of sp³-hybridized carbons (Fsp3) is 0.250. The smallest absolute Gasteiger partial charge is 0.161 e. The Balaban J connectivity index is 2.05. The van der Waals surface area contributed by atoms with Crippen LogP contribution >= 0.6 is 0 Å². The molecule has 0 aliphatic heterocycles. The molecule has 0 saturated heterocycles. The number of benzene rings is 2. The van der Waals surface area contributed by atoms with Crippen molar-refractivity contribution < 1.29 is 13.2 Å². The van der Waals surface area contributed by atoms with Crippen molar-refractivity contribution in [2.24, 2.45) is 0 Å². The Labute approximate surface area is 140 Å². The Kier molecular flexibility index (Phi) is 6.20. The maximum Gasteiger partial charge on any atom is 0.161 e. The zero-order valence-electron chi connectivity index (χ0n) is 13.5. The molecular weight excluding hydrogens is 311 g/mol. The first-order valence-electron chi connectivity index (χ1n) is 7.87. The summed E-state index contributed by atoms with van der Waals surface area (Å²) in [5, 5.41) is 8.73. The van der Waals surface area contributed by atoms with Crippen LogP contribution in [0.5, 0.6) is 0 Å². The van der Waals surface area contributed by atoms with E-state index in [0.29, 0.717) is 24.8 Å². The summed E-state index contributed by atoms with van der Waals surface area (Å²) in [7, 11) is 0. The van der Waals surface area contributed by atoms with E-state index >= 15 is 0 Å². The van der Waals surface area contributed by atoms with Crippen LogP contribution in [0, 0.1) is 17.1 Å². The molecule has 0 aromatic heterocycles. The Bertz CT molecular complexity index is 770. The van der Waals surface area contributed by atoms with Crippen LogP contribution in [0.25, 0.3) is 5.83 Å². The topological polar surface area (TPSA) is 23.8 Å². The normalized spacial score (nSPS) is 11.8. The van der Waals surface area contributed by atoms with Gasteiger partial charge in [0.2, 0.25) is 0 Å². The third kappa shape index (κ3) is 4.48. The lowest BCUT2D eigenvalue weighted by atomic mass is 10.0. The van der Waals surface area contributed by atoms with E-state index in [-0.39, 0.29) is 17.5 Å².